The van der Waals surface area contributed by atoms with Crippen LogP contribution < -0.4 is 0 Å². The van der Waals surface area contributed by atoms with Crippen LogP contribution in [0, 0.1) is 11.8 Å². The van der Waals surface area contributed by atoms with Gasteiger partial charge in [-0.3, -0.25) is 0 Å². The molecule has 0 unspecified atom stereocenters. The van der Waals surface area contributed by atoms with Gasteiger partial charge in [-0.05, 0) is 18.2 Å². The van der Waals surface area contributed by atoms with Gasteiger partial charge in [-0.2, -0.15) is 0 Å². The highest BCUT2D eigenvalue weighted by Crippen LogP contribution is 2.18. The van der Waals surface area contributed by atoms with Crippen LogP contribution in [0.5, 0.6) is 0 Å². The molecule has 1 rings (SSSR count). The van der Waals surface area contributed by atoms with E-state index in [4.69, 9.17) is 28.3 Å². The number of halogens is 2. The van der Waals surface area contributed by atoms with Crippen molar-refractivity contribution in [3.8, 4) is 11.8 Å². The molecule has 0 saturated heterocycles. The smallest absolute Gasteiger partial charge is 0.104 e. The molecule has 1 aromatic carbocycles. The zero-order valence-corrected chi connectivity index (χ0v) is 7.65. The van der Waals surface area contributed by atoms with Crippen LogP contribution in [0.4, 0.5) is 0 Å². The van der Waals surface area contributed by atoms with Gasteiger partial charge in [0.05, 0.1) is 0 Å². The minimum Gasteiger partial charge on any atom is -0.384 e. The van der Waals surface area contributed by atoms with Gasteiger partial charge in [-0.1, -0.05) is 35.0 Å². The summed E-state index contributed by atoms with van der Waals surface area (Å²) in [6, 6.07) is 5.01. The van der Waals surface area contributed by atoms with Crippen molar-refractivity contribution >= 4 is 23.2 Å². The average Bonchev–Trinajstić information content (AvgIpc) is 1.99. The summed E-state index contributed by atoms with van der Waals surface area (Å²) in [6.45, 7) is -0.163. The Kier molecular flexibility index (Phi) is 3.43. The Labute approximate surface area is 80.9 Å². The Bertz CT molecular complexity index is 316. The van der Waals surface area contributed by atoms with Gasteiger partial charge >= 0.3 is 0 Å². The SMILES string of the molecule is OCC#Cc1cc(Cl)cc(Cl)c1. The molecule has 12 heavy (non-hydrogen) atoms. The number of benzene rings is 1. The summed E-state index contributed by atoms with van der Waals surface area (Å²) in [7, 11) is 0. The van der Waals surface area contributed by atoms with Crippen LogP contribution in [0.3, 0.4) is 0 Å². The highest BCUT2D eigenvalue weighted by molar-refractivity contribution is 6.34. The molecular formula is C9H6Cl2O. The largest absolute Gasteiger partial charge is 0.384 e. The molecule has 0 bridgehead atoms. The Morgan fingerprint density at radius 2 is 1.75 bits per heavy atom. The fraction of sp³-hybridized carbons (Fsp3) is 0.111. The van der Waals surface area contributed by atoms with Gasteiger partial charge < -0.3 is 5.11 Å². The highest BCUT2D eigenvalue weighted by Gasteiger charge is 1.93. The predicted molar refractivity (Wildman–Crippen MR) is 50.4 cm³/mol. The second-order valence-corrected chi connectivity index (χ2v) is 2.99. The summed E-state index contributed by atoms with van der Waals surface area (Å²) in [6.07, 6.45) is 0. The van der Waals surface area contributed by atoms with Crippen LogP contribution in [-0.4, -0.2) is 11.7 Å². The van der Waals surface area contributed by atoms with Crippen molar-refractivity contribution in [3.05, 3.63) is 33.8 Å². The summed E-state index contributed by atoms with van der Waals surface area (Å²) in [5, 5.41) is 9.52. The maximum atomic E-state index is 8.43. The number of hydrogen-bond acceptors (Lipinski definition) is 1. The molecule has 62 valence electrons. The van der Waals surface area contributed by atoms with E-state index in [0.29, 0.717) is 15.6 Å². The van der Waals surface area contributed by atoms with Gasteiger partial charge in [0, 0.05) is 15.6 Å². The third-order valence-corrected chi connectivity index (χ3v) is 1.61. The maximum Gasteiger partial charge on any atom is 0.104 e. The molecule has 1 N–H and O–H groups in total. The number of hydrogen-bond donors (Lipinski definition) is 1. The van der Waals surface area contributed by atoms with Crippen molar-refractivity contribution in [2.75, 3.05) is 6.61 Å². The van der Waals surface area contributed by atoms with Gasteiger partial charge in [0.25, 0.3) is 0 Å². The lowest BCUT2D eigenvalue weighted by molar-refractivity contribution is 0.350. The average molecular weight is 201 g/mol. The van der Waals surface area contributed by atoms with E-state index in [1.807, 2.05) is 0 Å². The normalized spacial score (nSPS) is 8.92. The quantitative estimate of drug-likeness (QED) is 0.638. The first kappa shape index (κ1) is 9.41. The van der Waals surface area contributed by atoms with Crippen molar-refractivity contribution in [1.82, 2.24) is 0 Å². The van der Waals surface area contributed by atoms with Gasteiger partial charge in [0.1, 0.15) is 6.61 Å². The summed E-state index contributed by atoms with van der Waals surface area (Å²) >= 11 is 11.4. The summed E-state index contributed by atoms with van der Waals surface area (Å²) < 4.78 is 0. The minimum atomic E-state index is -0.163. The van der Waals surface area contributed by atoms with Crippen LogP contribution in [-0.2, 0) is 0 Å². The number of aliphatic hydroxyl groups is 1. The summed E-state index contributed by atoms with van der Waals surface area (Å²) in [4.78, 5) is 0. The molecule has 1 aromatic rings. The fourth-order valence-electron chi connectivity index (χ4n) is 0.768. The molecule has 0 saturated carbocycles. The molecule has 0 spiro atoms. The maximum absolute atomic E-state index is 8.43. The molecule has 0 fully saturated rings. The van der Waals surface area contributed by atoms with Crippen molar-refractivity contribution in [2.24, 2.45) is 0 Å². The van der Waals surface area contributed by atoms with Crippen LogP contribution in [0.1, 0.15) is 5.56 Å². The van der Waals surface area contributed by atoms with Crippen molar-refractivity contribution < 1.29 is 5.11 Å². The Morgan fingerprint density at radius 3 is 2.25 bits per heavy atom. The zero-order valence-electron chi connectivity index (χ0n) is 6.14. The van der Waals surface area contributed by atoms with E-state index >= 15 is 0 Å². The molecule has 0 radical (unpaired) electrons. The standard InChI is InChI=1S/C9H6Cl2O/c10-8-4-7(2-1-3-12)5-9(11)6-8/h4-6,12H,3H2. The van der Waals surface area contributed by atoms with E-state index in [2.05, 4.69) is 11.8 Å². The second kappa shape index (κ2) is 4.37. The predicted octanol–water partition coefficient (Wildman–Crippen LogP) is 2.34. The molecule has 0 aromatic heterocycles. The van der Waals surface area contributed by atoms with Gasteiger partial charge in [-0.25, -0.2) is 0 Å². The molecule has 0 aliphatic rings. The fourth-order valence-corrected chi connectivity index (χ4v) is 1.29. The van der Waals surface area contributed by atoms with Crippen molar-refractivity contribution in [3.63, 3.8) is 0 Å². The van der Waals surface area contributed by atoms with Crippen LogP contribution in [0.2, 0.25) is 10.0 Å². The first-order valence-electron chi connectivity index (χ1n) is 3.28. The Morgan fingerprint density at radius 1 is 1.17 bits per heavy atom. The molecule has 0 aliphatic heterocycles. The molecule has 0 atom stereocenters. The van der Waals surface area contributed by atoms with E-state index in [1.165, 1.54) is 0 Å². The lowest BCUT2D eigenvalue weighted by atomic mass is 10.2. The number of rotatable bonds is 0. The lowest BCUT2D eigenvalue weighted by Crippen LogP contribution is -1.77. The van der Waals surface area contributed by atoms with Crippen LogP contribution in [0.25, 0.3) is 0 Å². The first-order valence-corrected chi connectivity index (χ1v) is 4.04. The lowest BCUT2D eigenvalue weighted by Gasteiger charge is -1.93. The van der Waals surface area contributed by atoms with Crippen LogP contribution in [0.15, 0.2) is 18.2 Å². The first-order chi connectivity index (χ1) is 5.72. The van der Waals surface area contributed by atoms with Crippen LogP contribution >= 0.6 is 23.2 Å². The second-order valence-electron chi connectivity index (χ2n) is 2.12. The monoisotopic (exact) mass is 200 g/mol. The topological polar surface area (TPSA) is 20.2 Å². The summed E-state index contributed by atoms with van der Waals surface area (Å²) in [5.74, 6) is 5.21. The van der Waals surface area contributed by atoms with E-state index in [-0.39, 0.29) is 6.61 Å². The third-order valence-electron chi connectivity index (χ3n) is 1.17. The molecule has 1 nitrogen and oxygen atoms in total. The zero-order chi connectivity index (χ0) is 8.97. The van der Waals surface area contributed by atoms with E-state index < -0.39 is 0 Å². The third kappa shape index (κ3) is 2.75. The molecular weight excluding hydrogens is 195 g/mol. The minimum absolute atomic E-state index is 0.163. The van der Waals surface area contributed by atoms with Crippen molar-refractivity contribution in [2.45, 2.75) is 0 Å². The molecule has 3 heteroatoms. The Balaban J connectivity index is 3.01. The van der Waals surface area contributed by atoms with Gasteiger partial charge in [-0.15, -0.1) is 0 Å². The molecule has 0 aliphatic carbocycles. The van der Waals surface area contributed by atoms with Crippen molar-refractivity contribution in [1.29, 1.82) is 0 Å². The molecule has 0 amide bonds. The highest BCUT2D eigenvalue weighted by atomic mass is 35.5. The summed E-state index contributed by atoms with van der Waals surface area (Å²) in [5.41, 5.74) is 0.710. The van der Waals surface area contributed by atoms with E-state index in [0.717, 1.165) is 0 Å². The molecule has 0 heterocycles. The van der Waals surface area contributed by atoms with Gasteiger partial charge in [0.2, 0.25) is 0 Å². The van der Waals surface area contributed by atoms with E-state index in [1.54, 1.807) is 18.2 Å². The Hall–Kier alpha value is -0.680. The number of aliphatic hydroxyl groups excluding tert-OH is 1. The van der Waals surface area contributed by atoms with Gasteiger partial charge in [0.15, 0.2) is 0 Å². The van der Waals surface area contributed by atoms with E-state index in [9.17, 15) is 0 Å².